The molecule has 0 bridgehead atoms. The predicted molar refractivity (Wildman–Crippen MR) is 81.9 cm³/mol. The molecular weight excluding hydrogens is 331 g/mol. The van der Waals surface area contributed by atoms with Crippen molar-refractivity contribution in [2.24, 2.45) is 0 Å². The summed E-state index contributed by atoms with van der Waals surface area (Å²) in [4.78, 5) is 2.75. The maximum atomic E-state index is 12.8. The molecule has 23 heavy (non-hydrogen) atoms. The fourth-order valence-corrected chi connectivity index (χ4v) is 3.86. The van der Waals surface area contributed by atoms with Gasteiger partial charge in [-0.05, 0) is 31.5 Å². The molecule has 0 saturated carbocycles. The molecule has 0 radical (unpaired) electrons. The highest BCUT2D eigenvalue weighted by atomic mass is 32.2. The Morgan fingerprint density at radius 2 is 1.87 bits per heavy atom. The molecule has 1 aromatic heterocycles. The van der Waals surface area contributed by atoms with E-state index >= 15 is 0 Å². The van der Waals surface area contributed by atoms with E-state index in [0.29, 0.717) is 10.9 Å². The van der Waals surface area contributed by atoms with Crippen LogP contribution < -0.4 is 0 Å². The van der Waals surface area contributed by atoms with Crippen LogP contribution in [0.3, 0.4) is 0 Å². The molecule has 0 aliphatic heterocycles. The average molecular weight is 349 g/mol. The van der Waals surface area contributed by atoms with E-state index in [4.69, 9.17) is 0 Å². The maximum Gasteiger partial charge on any atom is 0.416 e. The van der Waals surface area contributed by atoms with Crippen molar-refractivity contribution in [1.29, 1.82) is 0 Å². The van der Waals surface area contributed by atoms with Gasteiger partial charge < -0.3 is 10.1 Å². The van der Waals surface area contributed by atoms with Crippen molar-refractivity contribution in [3.63, 3.8) is 0 Å². The Labute approximate surface area is 132 Å². The van der Waals surface area contributed by atoms with Crippen LogP contribution in [-0.2, 0) is 21.6 Å². The normalized spacial score (nSPS) is 15.8. The number of fused-ring (bicyclic) bond motifs is 1. The Bertz CT molecular complexity index is 836. The van der Waals surface area contributed by atoms with Gasteiger partial charge in [0.1, 0.15) is 5.60 Å². The first-order valence-corrected chi connectivity index (χ1v) is 8.82. The third kappa shape index (κ3) is 3.53. The molecule has 128 valence electrons. The van der Waals surface area contributed by atoms with Gasteiger partial charge in [0.2, 0.25) is 0 Å². The van der Waals surface area contributed by atoms with E-state index in [2.05, 4.69) is 4.98 Å². The fraction of sp³-hybridized carbons (Fsp3) is 0.467. The number of alkyl halides is 3. The quantitative estimate of drug-likeness (QED) is 0.891. The second-order valence-electron chi connectivity index (χ2n) is 5.83. The molecule has 4 nitrogen and oxygen atoms in total. The minimum Gasteiger partial charge on any atom is -0.383 e. The molecule has 0 aliphatic rings. The van der Waals surface area contributed by atoms with E-state index in [-0.39, 0.29) is 17.0 Å². The Hall–Kier alpha value is -1.54. The summed E-state index contributed by atoms with van der Waals surface area (Å²) in [5, 5.41) is 11.0. The van der Waals surface area contributed by atoms with Gasteiger partial charge in [0.15, 0.2) is 9.84 Å². The summed E-state index contributed by atoms with van der Waals surface area (Å²) >= 11 is 0. The molecular formula is C15H18F3NO3S. The lowest BCUT2D eigenvalue weighted by molar-refractivity contribution is -0.137. The van der Waals surface area contributed by atoms with Crippen molar-refractivity contribution in [3.05, 3.63) is 35.0 Å². The van der Waals surface area contributed by atoms with Gasteiger partial charge in [0.25, 0.3) is 0 Å². The SMILES string of the molecule is CCS(=O)(=O)CC(C)(O)c1[nH]c2cc(C(F)(F)F)ccc2c1C. The highest BCUT2D eigenvalue weighted by Crippen LogP contribution is 2.35. The van der Waals surface area contributed by atoms with Crippen molar-refractivity contribution in [3.8, 4) is 0 Å². The first kappa shape index (κ1) is 17.8. The summed E-state index contributed by atoms with van der Waals surface area (Å²) in [6.07, 6.45) is -4.47. The van der Waals surface area contributed by atoms with Crippen LogP contribution in [0.5, 0.6) is 0 Å². The number of sulfone groups is 1. The maximum absolute atomic E-state index is 12.8. The van der Waals surface area contributed by atoms with Crippen LogP contribution in [0.4, 0.5) is 13.2 Å². The lowest BCUT2D eigenvalue weighted by Crippen LogP contribution is -2.33. The Morgan fingerprint density at radius 1 is 1.26 bits per heavy atom. The summed E-state index contributed by atoms with van der Waals surface area (Å²) in [6.45, 7) is 4.44. The van der Waals surface area contributed by atoms with E-state index in [0.717, 1.165) is 12.1 Å². The summed E-state index contributed by atoms with van der Waals surface area (Å²) in [6, 6.07) is 3.23. The number of hydrogen-bond donors (Lipinski definition) is 2. The number of hydrogen-bond acceptors (Lipinski definition) is 3. The van der Waals surface area contributed by atoms with Gasteiger partial charge in [-0.2, -0.15) is 13.2 Å². The molecule has 0 aliphatic carbocycles. The highest BCUT2D eigenvalue weighted by molar-refractivity contribution is 7.91. The van der Waals surface area contributed by atoms with Crippen molar-refractivity contribution in [2.75, 3.05) is 11.5 Å². The van der Waals surface area contributed by atoms with E-state index < -0.39 is 32.9 Å². The van der Waals surface area contributed by atoms with Crippen LogP contribution in [0.15, 0.2) is 18.2 Å². The molecule has 2 rings (SSSR count). The minimum atomic E-state index is -4.47. The van der Waals surface area contributed by atoms with Crippen LogP contribution >= 0.6 is 0 Å². The molecule has 0 amide bonds. The second kappa shape index (κ2) is 5.52. The number of nitrogens with one attached hydrogen (secondary N) is 1. The third-order valence-electron chi connectivity index (χ3n) is 3.86. The zero-order valence-electron chi connectivity index (χ0n) is 13.0. The molecule has 0 spiro atoms. The van der Waals surface area contributed by atoms with Crippen LogP contribution in [0.25, 0.3) is 10.9 Å². The van der Waals surface area contributed by atoms with E-state index in [1.165, 1.54) is 19.9 Å². The topological polar surface area (TPSA) is 70.2 Å². The van der Waals surface area contributed by atoms with Gasteiger partial charge in [-0.3, -0.25) is 0 Å². The first-order chi connectivity index (χ1) is 10.4. The Morgan fingerprint density at radius 3 is 2.39 bits per heavy atom. The van der Waals surface area contributed by atoms with Crippen LogP contribution in [0, 0.1) is 6.92 Å². The van der Waals surface area contributed by atoms with Crippen molar-refractivity contribution in [1.82, 2.24) is 4.98 Å². The highest BCUT2D eigenvalue weighted by Gasteiger charge is 2.34. The largest absolute Gasteiger partial charge is 0.416 e. The monoisotopic (exact) mass is 349 g/mol. The molecule has 0 saturated heterocycles. The van der Waals surface area contributed by atoms with Crippen LogP contribution in [0.1, 0.15) is 30.7 Å². The number of aliphatic hydroxyl groups is 1. The fourth-order valence-electron chi connectivity index (χ4n) is 2.66. The first-order valence-electron chi connectivity index (χ1n) is 7.00. The van der Waals surface area contributed by atoms with Gasteiger partial charge >= 0.3 is 6.18 Å². The third-order valence-corrected chi connectivity index (χ3v) is 5.75. The average Bonchev–Trinajstić information content (AvgIpc) is 2.74. The number of benzene rings is 1. The van der Waals surface area contributed by atoms with Crippen LogP contribution in [0.2, 0.25) is 0 Å². The molecule has 2 aromatic rings. The summed E-state index contributed by atoms with van der Waals surface area (Å²) in [7, 11) is -3.46. The van der Waals surface area contributed by atoms with Gasteiger partial charge in [0, 0.05) is 16.7 Å². The lowest BCUT2D eigenvalue weighted by atomic mass is 10.00. The second-order valence-corrected chi connectivity index (χ2v) is 8.19. The van der Waals surface area contributed by atoms with Gasteiger partial charge in [0.05, 0.1) is 17.0 Å². The number of rotatable bonds is 4. The van der Waals surface area contributed by atoms with E-state index in [1.54, 1.807) is 6.92 Å². The molecule has 1 unspecified atom stereocenters. The molecule has 1 heterocycles. The Kier molecular flexibility index (Phi) is 4.28. The zero-order chi connectivity index (χ0) is 17.6. The van der Waals surface area contributed by atoms with Crippen LogP contribution in [-0.4, -0.2) is 30.0 Å². The molecule has 1 aromatic carbocycles. The predicted octanol–water partition coefficient (Wildman–Crippen LogP) is 3.14. The number of H-pyrrole nitrogens is 1. The zero-order valence-corrected chi connectivity index (χ0v) is 13.8. The standard InChI is InChI=1S/C15H18F3NO3S/c1-4-23(21,22)8-14(3,20)13-9(2)11-6-5-10(15(16,17)18)7-12(11)19-13/h5-7,19-20H,4,8H2,1-3H3. The summed E-state index contributed by atoms with van der Waals surface area (Å²) < 4.78 is 61.9. The van der Waals surface area contributed by atoms with E-state index in [1.807, 2.05) is 0 Å². The number of aromatic amines is 1. The molecule has 1 atom stereocenters. The number of halogens is 3. The molecule has 8 heteroatoms. The van der Waals surface area contributed by atoms with E-state index in [9.17, 15) is 26.7 Å². The number of aromatic nitrogens is 1. The minimum absolute atomic E-state index is 0.124. The summed E-state index contributed by atoms with van der Waals surface area (Å²) in [5.74, 6) is -0.628. The Balaban J connectivity index is 2.56. The van der Waals surface area contributed by atoms with Gasteiger partial charge in [-0.1, -0.05) is 13.0 Å². The smallest absolute Gasteiger partial charge is 0.383 e. The van der Waals surface area contributed by atoms with Gasteiger partial charge in [-0.15, -0.1) is 0 Å². The van der Waals surface area contributed by atoms with Gasteiger partial charge in [-0.25, -0.2) is 8.42 Å². The molecule has 2 N–H and O–H groups in total. The number of aryl methyl sites for hydroxylation is 1. The molecule has 0 fully saturated rings. The summed E-state index contributed by atoms with van der Waals surface area (Å²) in [5.41, 5.74) is -1.56. The lowest BCUT2D eigenvalue weighted by Gasteiger charge is -2.22. The van der Waals surface area contributed by atoms with Crippen molar-refractivity contribution < 1.29 is 26.7 Å². The van der Waals surface area contributed by atoms with Crippen molar-refractivity contribution >= 4 is 20.7 Å². The van der Waals surface area contributed by atoms with Crippen molar-refractivity contribution in [2.45, 2.75) is 32.5 Å².